The summed E-state index contributed by atoms with van der Waals surface area (Å²) < 4.78 is 49.7. The molecule has 0 aliphatic rings. The molecule has 0 amide bonds. The Balaban J connectivity index is 4.55. The van der Waals surface area contributed by atoms with E-state index in [1.807, 2.05) is 0 Å². The highest BCUT2D eigenvalue weighted by Crippen LogP contribution is 2.30. The van der Waals surface area contributed by atoms with Gasteiger partial charge in [-0.15, -0.1) is 0 Å². The molecule has 0 N–H and O–H groups in total. The van der Waals surface area contributed by atoms with Crippen LogP contribution in [0.5, 0.6) is 0 Å². The molecule has 0 atom stereocenters. The van der Waals surface area contributed by atoms with E-state index in [0.717, 1.165) is 0 Å². The first-order chi connectivity index (χ1) is 4.39. The molecule has 0 rings (SSSR count). The van der Waals surface area contributed by atoms with Gasteiger partial charge in [0.25, 0.3) is 0 Å². The number of rotatable bonds is 1. The fraction of sp³-hybridized carbons (Fsp3) is 0.500. The van der Waals surface area contributed by atoms with Crippen LogP contribution in [0, 0.1) is 0 Å². The molecule has 0 fully saturated rings. The van der Waals surface area contributed by atoms with Gasteiger partial charge in [0, 0.05) is 0 Å². The number of hydrogen-bond donors (Lipinski definition) is 0. The molecule has 0 spiro atoms. The second-order valence-corrected chi connectivity index (χ2v) is 1.62. The van der Waals surface area contributed by atoms with Crippen molar-refractivity contribution in [3.63, 3.8) is 0 Å². The lowest BCUT2D eigenvalue weighted by Crippen LogP contribution is -2.13. The maximum atomic E-state index is 11.7. The van der Waals surface area contributed by atoms with E-state index in [0.29, 0.717) is 7.11 Å². The average molecular weight is 179 g/mol. The molecule has 6 heteroatoms. The molecule has 0 saturated carbocycles. The van der Waals surface area contributed by atoms with Gasteiger partial charge >= 0.3 is 6.18 Å². The number of halogens is 5. The minimum atomic E-state index is -4.86. The van der Waals surface area contributed by atoms with Crippen LogP contribution in [0.3, 0.4) is 0 Å². The molecule has 0 aliphatic heterocycles. The van der Waals surface area contributed by atoms with Gasteiger partial charge in [0.2, 0.25) is 11.0 Å². The van der Waals surface area contributed by atoms with Crippen molar-refractivity contribution >= 4 is 11.6 Å². The van der Waals surface area contributed by atoms with Crippen LogP contribution in [0.1, 0.15) is 0 Å². The molecule has 0 saturated heterocycles. The quantitative estimate of drug-likeness (QED) is 0.443. The van der Waals surface area contributed by atoms with E-state index in [1.165, 1.54) is 0 Å². The van der Waals surface area contributed by atoms with Crippen LogP contribution in [-0.2, 0) is 4.74 Å². The molecule has 1 nitrogen and oxygen atoms in total. The number of alkyl halides is 3. The Morgan fingerprint density at radius 1 is 1.40 bits per heavy atom. The van der Waals surface area contributed by atoms with Crippen molar-refractivity contribution in [2.24, 2.45) is 0 Å². The van der Waals surface area contributed by atoms with E-state index in [4.69, 9.17) is 0 Å². The van der Waals surface area contributed by atoms with Crippen molar-refractivity contribution in [3.8, 4) is 0 Å². The van der Waals surface area contributed by atoms with E-state index >= 15 is 0 Å². The fourth-order valence-electron chi connectivity index (χ4n) is 0.300. The molecular formula is C4H3ClF4O. The molecule has 0 aromatic rings. The molecule has 0 bridgehead atoms. The Morgan fingerprint density at radius 2 is 1.80 bits per heavy atom. The van der Waals surface area contributed by atoms with Crippen LogP contribution in [0.15, 0.2) is 11.0 Å². The van der Waals surface area contributed by atoms with Crippen LogP contribution < -0.4 is 0 Å². The van der Waals surface area contributed by atoms with Crippen molar-refractivity contribution < 1.29 is 22.3 Å². The third-order valence-corrected chi connectivity index (χ3v) is 0.805. The molecular weight excluding hydrogens is 175 g/mol. The molecule has 0 aliphatic carbocycles. The Morgan fingerprint density at radius 3 is 1.80 bits per heavy atom. The summed E-state index contributed by atoms with van der Waals surface area (Å²) in [5, 5.41) is -1.89. The van der Waals surface area contributed by atoms with Crippen molar-refractivity contribution in [1.82, 2.24) is 0 Å². The second kappa shape index (κ2) is 3.09. The highest BCUT2D eigenvalue weighted by atomic mass is 35.5. The van der Waals surface area contributed by atoms with Crippen LogP contribution in [0.4, 0.5) is 17.6 Å². The maximum Gasteiger partial charge on any atom is 0.453 e. The summed E-state index contributed by atoms with van der Waals surface area (Å²) in [6, 6.07) is 0. The Labute approximate surface area is 59.2 Å². The monoisotopic (exact) mass is 178 g/mol. The first kappa shape index (κ1) is 9.55. The minimum absolute atomic E-state index is 0.685. The van der Waals surface area contributed by atoms with Crippen LogP contribution in [0.2, 0.25) is 0 Å². The largest absolute Gasteiger partial charge is 0.490 e. The first-order valence-corrected chi connectivity index (χ1v) is 2.44. The lowest BCUT2D eigenvalue weighted by atomic mass is 10.5. The summed E-state index contributed by atoms with van der Waals surface area (Å²) >= 11 is 4.40. The zero-order valence-corrected chi connectivity index (χ0v) is 5.55. The van der Waals surface area contributed by atoms with E-state index < -0.39 is 17.2 Å². The third-order valence-electron chi connectivity index (χ3n) is 0.633. The Kier molecular flexibility index (Phi) is 2.96. The Hall–Kier alpha value is -0.450. The van der Waals surface area contributed by atoms with Gasteiger partial charge in [-0.1, -0.05) is 0 Å². The molecule has 0 heterocycles. The van der Waals surface area contributed by atoms with E-state index in [1.54, 1.807) is 0 Å². The van der Waals surface area contributed by atoms with Crippen LogP contribution in [-0.4, -0.2) is 13.3 Å². The van der Waals surface area contributed by atoms with Gasteiger partial charge in [-0.2, -0.15) is 17.6 Å². The number of hydrogen-bond acceptors (Lipinski definition) is 1. The van der Waals surface area contributed by atoms with Gasteiger partial charge in [0.15, 0.2) is 0 Å². The third kappa shape index (κ3) is 2.43. The number of allylic oxidation sites excluding steroid dienone is 1. The number of methoxy groups -OCH3 is 1. The summed E-state index contributed by atoms with van der Waals surface area (Å²) in [4.78, 5) is 0. The highest BCUT2D eigenvalue weighted by Gasteiger charge is 2.38. The fourth-order valence-corrected chi connectivity index (χ4v) is 0.484. The second-order valence-electron chi connectivity index (χ2n) is 1.29. The van der Waals surface area contributed by atoms with Crippen LogP contribution >= 0.6 is 11.6 Å². The summed E-state index contributed by atoms with van der Waals surface area (Å²) in [7, 11) is 0.685. The normalized spacial score (nSPS) is 14.6. The molecule has 0 unspecified atom stereocenters. The lowest BCUT2D eigenvalue weighted by Gasteiger charge is -2.07. The van der Waals surface area contributed by atoms with Gasteiger partial charge in [-0.05, 0) is 11.6 Å². The van der Waals surface area contributed by atoms with E-state index in [2.05, 4.69) is 16.3 Å². The van der Waals surface area contributed by atoms with Crippen molar-refractivity contribution in [1.29, 1.82) is 0 Å². The minimum Gasteiger partial charge on any atom is -0.490 e. The predicted octanol–water partition coefficient (Wildman–Crippen LogP) is 2.57. The smallest absolute Gasteiger partial charge is 0.453 e. The summed E-state index contributed by atoms with van der Waals surface area (Å²) in [5.41, 5.74) is 0. The van der Waals surface area contributed by atoms with Crippen molar-refractivity contribution in [3.05, 3.63) is 11.0 Å². The number of ether oxygens (including phenoxy) is 1. The zero-order chi connectivity index (χ0) is 8.36. The van der Waals surface area contributed by atoms with Gasteiger partial charge in [0.1, 0.15) is 0 Å². The molecule has 60 valence electrons. The van der Waals surface area contributed by atoms with E-state index in [9.17, 15) is 17.6 Å². The zero-order valence-electron chi connectivity index (χ0n) is 4.80. The maximum absolute atomic E-state index is 11.7. The highest BCUT2D eigenvalue weighted by molar-refractivity contribution is 6.28. The Bertz CT molecular complexity index is 146. The van der Waals surface area contributed by atoms with Gasteiger partial charge in [-0.25, -0.2) is 0 Å². The van der Waals surface area contributed by atoms with Gasteiger partial charge < -0.3 is 4.74 Å². The summed E-state index contributed by atoms with van der Waals surface area (Å²) in [5.74, 6) is -1.81. The lowest BCUT2D eigenvalue weighted by molar-refractivity contribution is -0.127. The predicted molar refractivity (Wildman–Crippen MR) is 27.1 cm³/mol. The molecule has 0 radical (unpaired) electrons. The molecule has 0 aromatic heterocycles. The topological polar surface area (TPSA) is 9.23 Å². The van der Waals surface area contributed by atoms with Crippen LogP contribution in [0.25, 0.3) is 0 Å². The molecule has 0 aromatic carbocycles. The van der Waals surface area contributed by atoms with Gasteiger partial charge in [-0.3, -0.25) is 0 Å². The summed E-state index contributed by atoms with van der Waals surface area (Å²) in [6.45, 7) is 0. The van der Waals surface area contributed by atoms with Crippen molar-refractivity contribution in [2.45, 2.75) is 6.18 Å². The van der Waals surface area contributed by atoms with Gasteiger partial charge in [0.05, 0.1) is 7.11 Å². The summed E-state index contributed by atoms with van der Waals surface area (Å²) in [6.07, 6.45) is -4.86. The average Bonchev–Trinajstić information content (AvgIpc) is 1.60. The van der Waals surface area contributed by atoms with E-state index in [-0.39, 0.29) is 0 Å². The standard InChI is InChI=1S/C4H3ClF4O/c1-10-2(3(5)6)4(7,8)9/h1H3. The molecule has 10 heavy (non-hydrogen) atoms. The SMILES string of the molecule is COC(=C(F)Cl)C(F)(F)F. The first-order valence-electron chi connectivity index (χ1n) is 2.06. The van der Waals surface area contributed by atoms with Crippen molar-refractivity contribution in [2.75, 3.05) is 7.11 Å².